The summed E-state index contributed by atoms with van der Waals surface area (Å²) in [5.74, 6) is 1.37. The highest BCUT2D eigenvalue weighted by Crippen LogP contribution is 2.50. The lowest BCUT2D eigenvalue weighted by Crippen LogP contribution is -2.23. The molecule has 92 valence electrons. The van der Waals surface area contributed by atoms with E-state index in [1.807, 2.05) is 7.11 Å². The van der Waals surface area contributed by atoms with Gasteiger partial charge in [-0.15, -0.1) is 0 Å². The van der Waals surface area contributed by atoms with Gasteiger partial charge in [-0.25, -0.2) is 0 Å². The number of likely N-dealkylation sites (tertiary alicyclic amines) is 1. The Balaban J connectivity index is 1.90. The van der Waals surface area contributed by atoms with Crippen molar-refractivity contribution in [2.45, 2.75) is 25.4 Å². The molecule has 1 aromatic carbocycles. The Kier molecular flexibility index (Phi) is 2.93. The molecule has 0 radical (unpaired) electrons. The third-order valence-corrected chi connectivity index (χ3v) is 4.33. The molecule has 0 N–H and O–H groups in total. The molecule has 0 aromatic heterocycles. The zero-order valence-electron chi connectivity index (χ0n) is 10.7. The van der Waals surface area contributed by atoms with Crippen LogP contribution in [0, 0.1) is 5.92 Å². The maximum Gasteiger partial charge on any atom is 0.0870 e. The zero-order chi connectivity index (χ0) is 11.8. The topological polar surface area (TPSA) is 12.5 Å². The molecule has 2 heteroatoms. The Bertz CT molecular complexity index is 404. The lowest BCUT2D eigenvalue weighted by Gasteiger charge is -2.20. The van der Waals surface area contributed by atoms with Crippen molar-refractivity contribution in [1.82, 2.24) is 4.90 Å². The van der Waals surface area contributed by atoms with Crippen LogP contribution in [0.25, 0.3) is 0 Å². The summed E-state index contributed by atoms with van der Waals surface area (Å²) in [5, 5.41) is 0. The van der Waals surface area contributed by atoms with E-state index < -0.39 is 0 Å². The van der Waals surface area contributed by atoms with Crippen molar-refractivity contribution >= 4 is 0 Å². The van der Waals surface area contributed by atoms with Gasteiger partial charge in [0.2, 0.25) is 0 Å². The lowest BCUT2D eigenvalue weighted by atomic mass is 9.96. The Labute approximate surface area is 104 Å². The monoisotopic (exact) mass is 231 g/mol. The van der Waals surface area contributed by atoms with E-state index in [0.29, 0.717) is 17.9 Å². The average molecular weight is 231 g/mol. The molecule has 3 unspecified atom stereocenters. The first-order chi connectivity index (χ1) is 8.35. The van der Waals surface area contributed by atoms with Crippen molar-refractivity contribution in [1.29, 1.82) is 0 Å². The van der Waals surface area contributed by atoms with Gasteiger partial charge in [0, 0.05) is 32.0 Å². The third-order valence-electron chi connectivity index (χ3n) is 4.33. The molecule has 1 saturated heterocycles. The number of rotatable bonds is 3. The second-order valence-electron chi connectivity index (χ2n) is 5.32. The van der Waals surface area contributed by atoms with Crippen molar-refractivity contribution in [3.63, 3.8) is 0 Å². The lowest BCUT2D eigenvalue weighted by molar-refractivity contribution is 0.0603. The van der Waals surface area contributed by atoms with E-state index in [4.69, 9.17) is 4.74 Å². The van der Waals surface area contributed by atoms with Gasteiger partial charge in [-0.05, 0) is 24.1 Å². The molecule has 1 aliphatic heterocycles. The van der Waals surface area contributed by atoms with Crippen LogP contribution in [0.2, 0.25) is 0 Å². The molecule has 3 rings (SSSR count). The molecule has 3 atom stereocenters. The highest BCUT2D eigenvalue weighted by Gasteiger charge is 2.45. The minimum Gasteiger partial charge on any atom is -0.376 e. The molecule has 1 aromatic rings. The molecule has 0 saturated carbocycles. The van der Waals surface area contributed by atoms with Crippen molar-refractivity contribution in [2.24, 2.45) is 5.92 Å². The molecule has 2 nitrogen and oxygen atoms in total. The van der Waals surface area contributed by atoms with Gasteiger partial charge in [0.1, 0.15) is 0 Å². The molecule has 17 heavy (non-hydrogen) atoms. The Morgan fingerprint density at radius 1 is 1.24 bits per heavy atom. The number of nitrogens with zero attached hydrogens (tertiary/aromatic N) is 1. The molecular formula is C15H21NO. The van der Waals surface area contributed by atoms with E-state index in [9.17, 15) is 0 Å². The number of ether oxygens (including phenoxy) is 1. The van der Waals surface area contributed by atoms with Gasteiger partial charge in [0.25, 0.3) is 0 Å². The summed E-state index contributed by atoms with van der Waals surface area (Å²) in [4.78, 5) is 2.59. The van der Waals surface area contributed by atoms with E-state index in [0.717, 1.165) is 0 Å². The van der Waals surface area contributed by atoms with E-state index in [1.54, 1.807) is 0 Å². The van der Waals surface area contributed by atoms with Crippen LogP contribution in [0.3, 0.4) is 0 Å². The maximum absolute atomic E-state index is 5.75. The van der Waals surface area contributed by atoms with Crippen LogP contribution >= 0.6 is 0 Å². The van der Waals surface area contributed by atoms with Gasteiger partial charge in [-0.3, -0.25) is 0 Å². The minimum absolute atomic E-state index is 0.318. The van der Waals surface area contributed by atoms with E-state index in [-0.39, 0.29) is 0 Å². The fourth-order valence-electron chi connectivity index (χ4n) is 3.69. The van der Waals surface area contributed by atoms with Crippen LogP contribution < -0.4 is 0 Å². The molecule has 1 heterocycles. The van der Waals surface area contributed by atoms with Crippen molar-refractivity contribution < 1.29 is 4.74 Å². The summed E-state index contributed by atoms with van der Waals surface area (Å²) < 4.78 is 5.75. The third kappa shape index (κ3) is 1.71. The first-order valence-electron chi connectivity index (χ1n) is 6.69. The summed E-state index contributed by atoms with van der Waals surface area (Å²) >= 11 is 0. The van der Waals surface area contributed by atoms with E-state index in [2.05, 4.69) is 36.1 Å². The van der Waals surface area contributed by atoms with Crippen LogP contribution in [0.5, 0.6) is 0 Å². The summed E-state index contributed by atoms with van der Waals surface area (Å²) in [7, 11) is 1.85. The fourth-order valence-corrected chi connectivity index (χ4v) is 3.69. The minimum atomic E-state index is 0.318. The zero-order valence-corrected chi connectivity index (χ0v) is 10.7. The normalized spacial score (nSPS) is 31.5. The maximum atomic E-state index is 5.75. The molecule has 0 amide bonds. The van der Waals surface area contributed by atoms with Gasteiger partial charge in [0.05, 0.1) is 6.10 Å². The van der Waals surface area contributed by atoms with Gasteiger partial charge >= 0.3 is 0 Å². The molecule has 1 aliphatic carbocycles. The van der Waals surface area contributed by atoms with Gasteiger partial charge in [-0.2, -0.15) is 0 Å². The summed E-state index contributed by atoms with van der Waals surface area (Å²) in [5.41, 5.74) is 2.96. The predicted octanol–water partition coefficient (Wildman–Crippen LogP) is 2.81. The number of methoxy groups -OCH3 is 1. The number of hydrogen-bond acceptors (Lipinski definition) is 2. The number of benzene rings is 1. The fraction of sp³-hybridized carbons (Fsp3) is 0.600. The van der Waals surface area contributed by atoms with Crippen LogP contribution in [0.1, 0.15) is 36.5 Å². The Morgan fingerprint density at radius 2 is 2.00 bits per heavy atom. The molecule has 0 spiro atoms. The van der Waals surface area contributed by atoms with Crippen molar-refractivity contribution in [2.75, 3.05) is 26.7 Å². The Morgan fingerprint density at radius 3 is 2.71 bits per heavy atom. The Hall–Kier alpha value is -0.860. The summed E-state index contributed by atoms with van der Waals surface area (Å²) in [6, 6.07) is 8.83. The van der Waals surface area contributed by atoms with E-state index in [1.165, 1.54) is 37.2 Å². The van der Waals surface area contributed by atoms with Gasteiger partial charge in [0.15, 0.2) is 0 Å². The largest absolute Gasteiger partial charge is 0.376 e. The quantitative estimate of drug-likeness (QED) is 0.793. The summed E-state index contributed by atoms with van der Waals surface area (Å²) in [6.07, 6.45) is 1.57. The highest BCUT2D eigenvalue weighted by molar-refractivity contribution is 5.40. The van der Waals surface area contributed by atoms with Crippen molar-refractivity contribution in [3.8, 4) is 0 Å². The molecule has 0 bridgehead atoms. The van der Waals surface area contributed by atoms with Crippen LogP contribution in [0.15, 0.2) is 24.3 Å². The molecule has 1 fully saturated rings. The number of hydrogen-bond donors (Lipinski definition) is 0. The smallest absolute Gasteiger partial charge is 0.0870 e. The second-order valence-corrected chi connectivity index (χ2v) is 5.32. The van der Waals surface area contributed by atoms with Gasteiger partial charge in [-0.1, -0.05) is 31.2 Å². The summed E-state index contributed by atoms with van der Waals surface area (Å²) in [6.45, 7) is 5.91. The average Bonchev–Trinajstić information content (AvgIpc) is 2.86. The second kappa shape index (κ2) is 4.43. The predicted molar refractivity (Wildman–Crippen MR) is 69.2 cm³/mol. The van der Waals surface area contributed by atoms with Crippen LogP contribution in [-0.2, 0) is 4.74 Å². The van der Waals surface area contributed by atoms with Crippen LogP contribution in [-0.4, -0.2) is 31.6 Å². The van der Waals surface area contributed by atoms with E-state index >= 15 is 0 Å². The van der Waals surface area contributed by atoms with Crippen molar-refractivity contribution in [3.05, 3.63) is 35.4 Å². The molecular weight excluding hydrogens is 210 g/mol. The highest BCUT2D eigenvalue weighted by atomic mass is 16.5. The standard InChI is InChI=1S/C15H21NO/c1-3-8-16-9-13-11-6-4-5-7-12(11)15(17-2)14(13)10-16/h4-7,13-15H,3,8-10H2,1-2H3. The first-order valence-corrected chi connectivity index (χ1v) is 6.69. The van der Waals surface area contributed by atoms with Gasteiger partial charge < -0.3 is 9.64 Å². The molecule has 2 aliphatic rings. The first kappa shape index (κ1) is 11.2. The van der Waals surface area contributed by atoms with Crippen LogP contribution in [0.4, 0.5) is 0 Å². The SMILES string of the molecule is CCCN1CC2c3ccccc3C(OC)C2C1. The number of fused-ring (bicyclic) bond motifs is 3.